The molecule has 2 heterocycles. The van der Waals surface area contributed by atoms with Gasteiger partial charge in [-0.3, -0.25) is 14.3 Å². The summed E-state index contributed by atoms with van der Waals surface area (Å²) in [5.41, 5.74) is 3.15. The molecule has 2 N–H and O–H groups in total. The molecule has 1 saturated heterocycles. The van der Waals surface area contributed by atoms with Gasteiger partial charge in [0.15, 0.2) is 12.1 Å². The zero-order valence-corrected chi connectivity index (χ0v) is 20.3. The number of aromatic nitrogens is 2. The highest BCUT2D eigenvalue weighted by Crippen LogP contribution is 2.33. The van der Waals surface area contributed by atoms with Gasteiger partial charge in [-0.15, -0.1) is 0 Å². The molecule has 7 nitrogen and oxygen atoms in total. The quantitative estimate of drug-likeness (QED) is 0.520. The molecule has 1 aliphatic carbocycles. The van der Waals surface area contributed by atoms with Crippen molar-refractivity contribution in [2.75, 3.05) is 25.5 Å². The van der Waals surface area contributed by atoms with Crippen LogP contribution in [0.4, 0.5) is 20.3 Å². The molecule has 1 amide bonds. The van der Waals surface area contributed by atoms with Gasteiger partial charge in [0.05, 0.1) is 17.3 Å². The van der Waals surface area contributed by atoms with Gasteiger partial charge in [0.2, 0.25) is 0 Å². The summed E-state index contributed by atoms with van der Waals surface area (Å²) in [6, 6.07) is 5.53. The van der Waals surface area contributed by atoms with Crippen LogP contribution in [-0.2, 0) is 0 Å². The number of amides is 1. The van der Waals surface area contributed by atoms with Gasteiger partial charge in [0.1, 0.15) is 0 Å². The molecule has 4 rings (SSSR count). The van der Waals surface area contributed by atoms with Crippen LogP contribution in [0.25, 0.3) is 6.08 Å². The molecule has 9 heteroatoms. The van der Waals surface area contributed by atoms with Crippen molar-refractivity contribution in [1.82, 2.24) is 20.0 Å². The Morgan fingerprint density at radius 3 is 2.51 bits per heavy atom. The normalized spacial score (nSPS) is 18.6. The fourth-order valence-electron chi connectivity index (χ4n) is 4.93. The average molecular weight is 486 g/mol. The number of alkyl halides is 2. The fourth-order valence-corrected chi connectivity index (χ4v) is 4.93. The van der Waals surface area contributed by atoms with Crippen LogP contribution in [0.3, 0.4) is 0 Å². The summed E-state index contributed by atoms with van der Waals surface area (Å²) >= 11 is 0. The van der Waals surface area contributed by atoms with Gasteiger partial charge >= 0.3 is 0 Å². The lowest BCUT2D eigenvalue weighted by molar-refractivity contribution is -0.0494. The van der Waals surface area contributed by atoms with E-state index in [-0.39, 0.29) is 37.9 Å². The number of halogens is 2. The highest BCUT2D eigenvalue weighted by molar-refractivity contribution is 5.96. The van der Waals surface area contributed by atoms with Gasteiger partial charge in [0.25, 0.3) is 11.8 Å². The Labute approximate surface area is 204 Å². The maximum Gasteiger partial charge on any atom is 0.254 e. The van der Waals surface area contributed by atoms with Crippen LogP contribution < -0.4 is 10.6 Å². The van der Waals surface area contributed by atoms with E-state index in [1.807, 2.05) is 23.7 Å². The second-order valence-electron chi connectivity index (χ2n) is 9.43. The number of aryl methyl sites for hydroxylation is 1. The second-order valence-corrected chi connectivity index (χ2v) is 9.43. The molecule has 1 saturated carbocycles. The van der Waals surface area contributed by atoms with Crippen LogP contribution in [0, 0.1) is 6.92 Å². The van der Waals surface area contributed by atoms with E-state index >= 15 is 0 Å². The highest BCUT2D eigenvalue weighted by atomic mass is 19.3. The maximum absolute atomic E-state index is 13.5. The minimum absolute atomic E-state index is 0.0511. The smallest absolute Gasteiger partial charge is 0.254 e. The number of anilines is 2. The summed E-state index contributed by atoms with van der Waals surface area (Å²) < 4.78 is 28.9. The Morgan fingerprint density at radius 2 is 1.89 bits per heavy atom. The highest BCUT2D eigenvalue weighted by Gasteiger charge is 2.36. The van der Waals surface area contributed by atoms with E-state index in [9.17, 15) is 18.4 Å². The Balaban J connectivity index is 1.57. The van der Waals surface area contributed by atoms with Gasteiger partial charge in [0, 0.05) is 44.2 Å². The Kier molecular flexibility index (Phi) is 7.52. The summed E-state index contributed by atoms with van der Waals surface area (Å²) in [7, 11) is 1.80. The topological polar surface area (TPSA) is 79.3 Å². The summed E-state index contributed by atoms with van der Waals surface area (Å²) in [5.74, 6) is -2.46. The number of carbonyl (C=O) groups is 2. The largest absolute Gasteiger partial charge is 0.394 e. The number of piperidine rings is 1. The van der Waals surface area contributed by atoms with Crippen molar-refractivity contribution >= 4 is 29.8 Å². The van der Waals surface area contributed by atoms with Crippen LogP contribution >= 0.6 is 0 Å². The van der Waals surface area contributed by atoms with E-state index in [4.69, 9.17) is 5.10 Å². The predicted octanol–water partition coefficient (Wildman–Crippen LogP) is 5.31. The SMILES string of the molecule is CN/C=C\c1c(C=O)c(Nc2ccc(C(=O)N3CCC(F)(F)CC3)c(C)c2)nn1C1CCCCC1. The Bertz CT molecular complexity index is 1100. The molecule has 0 bridgehead atoms. The van der Waals surface area contributed by atoms with Gasteiger partial charge in [-0.2, -0.15) is 5.10 Å². The zero-order chi connectivity index (χ0) is 25.0. The number of nitrogens with one attached hydrogen (secondary N) is 2. The number of rotatable bonds is 7. The molecule has 2 aliphatic rings. The van der Waals surface area contributed by atoms with Crippen molar-refractivity contribution in [2.24, 2.45) is 0 Å². The average Bonchev–Trinajstić information content (AvgIpc) is 3.19. The maximum atomic E-state index is 13.5. The van der Waals surface area contributed by atoms with Gasteiger partial charge < -0.3 is 15.5 Å². The predicted molar refractivity (Wildman–Crippen MR) is 132 cm³/mol. The third-order valence-corrected chi connectivity index (χ3v) is 6.93. The van der Waals surface area contributed by atoms with Crippen LogP contribution in [0.15, 0.2) is 24.4 Å². The van der Waals surface area contributed by atoms with Crippen molar-refractivity contribution in [3.8, 4) is 0 Å². The first kappa shape index (κ1) is 24.9. The van der Waals surface area contributed by atoms with E-state index in [1.54, 1.807) is 25.4 Å². The number of aldehydes is 1. The number of likely N-dealkylation sites (tertiary alicyclic amines) is 1. The van der Waals surface area contributed by atoms with E-state index in [0.29, 0.717) is 22.6 Å². The Hall–Kier alpha value is -3.23. The van der Waals surface area contributed by atoms with Crippen LogP contribution in [0.2, 0.25) is 0 Å². The first-order valence-electron chi connectivity index (χ1n) is 12.3. The second kappa shape index (κ2) is 10.6. The number of carbonyl (C=O) groups excluding carboxylic acids is 2. The van der Waals surface area contributed by atoms with E-state index < -0.39 is 5.92 Å². The van der Waals surface area contributed by atoms with Crippen LogP contribution in [-0.4, -0.2) is 52.9 Å². The van der Waals surface area contributed by atoms with Crippen molar-refractivity contribution in [3.63, 3.8) is 0 Å². The van der Waals surface area contributed by atoms with Crippen molar-refractivity contribution in [1.29, 1.82) is 0 Å². The third-order valence-electron chi connectivity index (χ3n) is 6.93. The molecule has 0 radical (unpaired) electrons. The van der Waals surface area contributed by atoms with E-state index in [2.05, 4.69) is 10.6 Å². The summed E-state index contributed by atoms with van der Waals surface area (Å²) in [5, 5.41) is 11.0. The first-order chi connectivity index (χ1) is 16.8. The van der Waals surface area contributed by atoms with Crippen molar-refractivity contribution in [3.05, 3.63) is 46.8 Å². The molecule has 2 aromatic rings. The van der Waals surface area contributed by atoms with Crippen LogP contribution in [0.1, 0.15) is 83.0 Å². The number of benzene rings is 1. The first-order valence-corrected chi connectivity index (χ1v) is 12.3. The molecule has 188 valence electrons. The molecule has 1 aliphatic heterocycles. The summed E-state index contributed by atoms with van der Waals surface area (Å²) in [6.07, 6.45) is 9.41. The monoisotopic (exact) mass is 485 g/mol. The minimum atomic E-state index is -2.70. The lowest BCUT2D eigenvalue weighted by Gasteiger charge is -2.32. The fraction of sp³-hybridized carbons (Fsp3) is 0.500. The minimum Gasteiger partial charge on any atom is -0.394 e. The van der Waals surface area contributed by atoms with Gasteiger partial charge in [-0.25, -0.2) is 8.78 Å². The number of nitrogens with zero attached hydrogens (tertiary/aromatic N) is 3. The molecule has 0 spiro atoms. The summed E-state index contributed by atoms with van der Waals surface area (Å²) in [6.45, 7) is 1.92. The molecule has 0 unspecified atom stereocenters. The lowest BCUT2D eigenvalue weighted by atomic mass is 9.95. The molecule has 0 atom stereocenters. The zero-order valence-electron chi connectivity index (χ0n) is 20.3. The lowest BCUT2D eigenvalue weighted by Crippen LogP contribution is -2.42. The van der Waals surface area contributed by atoms with Crippen molar-refractivity contribution in [2.45, 2.75) is 63.8 Å². The third kappa shape index (κ3) is 5.55. The van der Waals surface area contributed by atoms with Crippen LogP contribution in [0.5, 0.6) is 0 Å². The molecular weight excluding hydrogens is 452 g/mol. The van der Waals surface area contributed by atoms with Gasteiger partial charge in [-0.1, -0.05) is 19.3 Å². The van der Waals surface area contributed by atoms with Crippen molar-refractivity contribution < 1.29 is 18.4 Å². The Morgan fingerprint density at radius 1 is 1.17 bits per heavy atom. The molecule has 2 fully saturated rings. The molecular formula is C26H33F2N5O2. The standard InChI is InChI=1S/C26H33F2N5O2/c1-18-16-19(8-9-21(18)25(35)32-14-11-26(27,28)12-15-32)30-24-22(17-34)23(10-13-29-2)33(31-24)20-6-4-3-5-7-20/h8-10,13,16-17,20,29H,3-7,11-12,14-15H2,1-2H3,(H,30,31)/b13-10-. The van der Waals surface area contributed by atoms with Gasteiger partial charge in [-0.05, 0) is 55.8 Å². The van der Waals surface area contributed by atoms with E-state index in [1.165, 1.54) is 11.3 Å². The number of hydrogen-bond donors (Lipinski definition) is 2. The summed E-state index contributed by atoms with van der Waals surface area (Å²) in [4.78, 5) is 26.5. The molecule has 1 aromatic heterocycles. The molecule has 35 heavy (non-hydrogen) atoms. The number of hydrogen-bond acceptors (Lipinski definition) is 5. The molecule has 1 aromatic carbocycles. The van der Waals surface area contributed by atoms with E-state index in [0.717, 1.165) is 43.2 Å².